The smallest absolute Gasteiger partial charge is 0.329 e. The van der Waals surface area contributed by atoms with E-state index in [4.69, 9.17) is 25.8 Å². The lowest BCUT2D eigenvalue weighted by Crippen LogP contribution is -2.32. The molecule has 0 saturated carbocycles. The molecule has 204 valence electrons. The normalized spacial score (nSPS) is 10.6. The molecule has 0 bridgehead atoms. The first-order valence-electron chi connectivity index (χ1n) is 11.6. The highest BCUT2D eigenvalue weighted by atomic mass is 79.9. The van der Waals surface area contributed by atoms with Gasteiger partial charge >= 0.3 is 11.8 Å². The SMILES string of the molecule is CCOc1ccccc1NC(=O)C(=O)N/N=C\c1cc(Br)c(OCC(=O)Nc2cccc(Cl)c2C)c(OC)c1. The molecule has 0 spiro atoms. The van der Waals surface area contributed by atoms with Crippen molar-refractivity contribution in [2.24, 2.45) is 5.10 Å². The molecule has 12 heteroatoms. The first kappa shape index (κ1) is 29.5. The van der Waals surface area contributed by atoms with E-state index in [0.29, 0.717) is 50.3 Å². The number of amides is 3. The van der Waals surface area contributed by atoms with Gasteiger partial charge < -0.3 is 24.8 Å². The Labute approximate surface area is 238 Å². The predicted molar refractivity (Wildman–Crippen MR) is 153 cm³/mol. The second-order valence-electron chi connectivity index (χ2n) is 7.87. The number of para-hydroxylation sites is 2. The number of hydrogen-bond donors (Lipinski definition) is 3. The monoisotopic (exact) mass is 616 g/mol. The first-order chi connectivity index (χ1) is 18.7. The number of carbonyl (C=O) groups excluding carboxylic acids is 3. The maximum Gasteiger partial charge on any atom is 0.329 e. The number of halogens is 2. The maximum absolute atomic E-state index is 12.4. The van der Waals surface area contributed by atoms with Crippen molar-refractivity contribution in [1.82, 2.24) is 5.43 Å². The zero-order chi connectivity index (χ0) is 28.4. The van der Waals surface area contributed by atoms with Crippen molar-refractivity contribution in [2.45, 2.75) is 13.8 Å². The van der Waals surface area contributed by atoms with Crippen LogP contribution in [-0.2, 0) is 14.4 Å². The van der Waals surface area contributed by atoms with Gasteiger partial charge in [0.25, 0.3) is 5.91 Å². The molecule has 3 amide bonds. The minimum atomic E-state index is -0.968. The molecular weight excluding hydrogens is 592 g/mol. The lowest BCUT2D eigenvalue weighted by Gasteiger charge is -2.14. The van der Waals surface area contributed by atoms with Gasteiger partial charge in [0.1, 0.15) is 5.75 Å². The van der Waals surface area contributed by atoms with E-state index in [-0.39, 0.29) is 12.5 Å². The van der Waals surface area contributed by atoms with Crippen molar-refractivity contribution >= 4 is 62.8 Å². The highest BCUT2D eigenvalue weighted by Crippen LogP contribution is 2.36. The topological polar surface area (TPSA) is 127 Å². The molecule has 0 atom stereocenters. The van der Waals surface area contributed by atoms with Crippen LogP contribution in [0.1, 0.15) is 18.1 Å². The van der Waals surface area contributed by atoms with Gasteiger partial charge in [-0.15, -0.1) is 0 Å². The summed E-state index contributed by atoms with van der Waals surface area (Å²) in [6.45, 7) is 3.73. The van der Waals surface area contributed by atoms with E-state index in [9.17, 15) is 14.4 Å². The summed E-state index contributed by atoms with van der Waals surface area (Å²) < 4.78 is 17.0. The van der Waals surface area contributed by atoms with E-state index in [0.717, 1.165) is 5.56 Å². The second kappa shape index (κ2) is 14.2. The molecule has 0 aromatic heterocycles. The Morgan fingerprint density at radius 1 is 0.974 bits per heavy atom. The number of methoxy groups -OCH3 is 1. The lowest BCUT2D eigenvalue weighted by atomic mass is 10.2. The Morgan fingerprint density at radius 3 is 2.46 bits per heavy atom. The Balaban J connectivity index is 1.60. The summed E-state index contributed by atoms with van der Waals surface area (Å²) in [6.07, 6.45) is 1.32. The third kappa shape index (κ3) is 8.20. The van der Waals surface area contributed by atoms with Gasteiger partial charge in [-0.3, -0.25) is 14.4 Å². The predicted octanol–water partition coefficient (Wildman–Crippen LogP) is 4.92. The summed E-state index contributed by atoms with van der Waals surface area (Å²) in [5, 5.41) is 9.62. The number of benzene rings is 3. The number of hydrogen-bond acceptors (Lipinski definition) is 7. The van der Waals surface area contributed by atoms with E-state index in [1.165, 1.54) is 13.3 Å². The van der Waals surface area contributed by atoms with Gasteiger partial charge in [0.2, 0.25) is 0 Å². The average molecular weight is 618 g/mol. The highest BCUT2D eigenvalue weighted by molar-refractivity contribution is 9.10. The highest BCUT2D eigenvalue weighted by Gasteiger charge is 2.16. The molecule has 0 aliphatic heterocycles. The van der Waals surface area contributed by atoms with E-state index >= 15 is 0 Å². The number of hydrazone groups is 1. The molecule has 0 unspecified atom stereocenters. The molecule has 0 fully saturated rings. The van der Waals surface area contributed by atoms with Crippen LogP contribution in [0.2, 0.25) is 5.02 Å². The van der Waals surface area contributed by atoms with Gasteiger partial charge in [-0.05, 0) is 77.3 Å². The van der Waals surface area contributed by atoms with E-state index in [1.807, 2.05) is 6.92 Å². The van der Waals surface area contributed by atoms with Gasteiger partial charge in [0.15, 0.2) is 18.1 Å². The van der Waals surface area contributed by atoms with E-state index < -0.39 is 11.8 Å². The maximum atomic E-state index is 12.4. The van der Waals surface area contributed by atoms with Crippen LogP contribution in [-0.4, -0.2) is 44.3 Å². The van der Waals surface area contributed by atoms with Crippen molar-refractivity contribution in [3.63, 3.8) is 0 Å². The number of anilines is 2. The van der Waals surface area contributed by atoms with Crippen molar-refractivity contribution in [2.75, 3.05) is 31.0 Å². The number of nitrogens with zero attached hydrogens (tertiary/aromatic N) is 1. The fraction of sp³-hybridized carbons (Fsp3) is 0.185. The lowest BCUT2D eigenvalue weighted by molar-refractivity contribution is -0.136. The number of nitrogens with one attached hydrogen (secondary N) is 3. The first-order valence-corrected chi connectivity index (χ1v) is 12.8. The van der Waals surface area contributed by atoms with Crippen LogP contribution in [0.25, 0.3) is 0 Å². The standard InChI is InChI=1S/C27H26BrClN4O6/c1-4-38-22-11-6-5-9-21(22)32-26(35)27(36)33-30-14-17-12-18(28)25(23(13-17)37-3)39-15-24(34)31-20-10-7-8-19(29)16(20)2/h5-14H,4,15H2,1-3H3,(H,31,34)(H,32,35)(H,33,36)/b30-14-. The van der Waals surface area contributed by atoms with Gasteiger partial charge in [-0.1, -0.05) is 29.8 Å². The Kier molecular flexibility index (Phi) is 10.7. The molecule has 0 saturated heterocycles. The van der Waals surface area contributed by atoms with E-state index in [1.54, 1.807) is 61.5 Å². The van der Waals surface area contributed by atoms with Crippen LogP contribution >= 0.6 is 27.5 Å². The van der Waals surface area contributed by atoms with Gasteiger partial charge in [0, 0.05) is 10.7 Å². The minimum Gasteiger partial charge on any atom is -0.493 e. The quantitative estimate of drug-likeness (QED) is 0.168. The Morgan fingerprint density at radius 2 is 1.72 bits per heavy atom. The molecule has 0 radical (unpaired) electrons. The third-order valence-electron chi connectivity index (χ3n) is 5.16. The summed E-state index contributed by atoms with van der Waals surface area (Å²) in [6, 6.07) is 15.2. The molecule has 0 aliphatic rings. The van der Waals surface area contributed by atoms with E-state index in [2.05, 4.69) is 37.1 Å². The molecule has 0 heterocycles. The summed E-state index contributed by atoms with van der Waals surface area (Å²) in [5.74, 6) is -1.21. The van der Waals surface area contributed by atoms with Crippen molar-refractivity contribution in [1.29, 1.82) is 0 Å². The van der Waals surface area contributed by atoms with Crippen molar-refractivity contribution in [3.8, 4) is 17.2 Å². The van der Waals surface area contributed by atoms with Crippen LogP contribution in [0, 0.1) is 6.92 Å². The molecule has 0 aliphatic carbocycles. The van der Waals surface area contributed by atoms with Gasteiger partial charge in [0.05, 0.1) is 30.1 Å². The zero-order valence-corrected chi connectivity index (χ0v) is 23.7. The van der Waals surface area contributed by atoms with Gasteiger partial charge in [-0.2, -0.15) is 5.10 Å². The van der Waals surface area contributed by atoms with Crippen LogP contribution < -0.4 is 30.3 Å². The minimum absolute atomic E-state index is 0.286. The zero-order valence-electron chi connectivity index (χ0n) is 21.3. The van der Waals surface area contributed by atoms with Crippen molar-refractivity contribution in [3.05, 3.63) is 75.2 Å². The fourth-order valence-electron chi connectivity index (χ4n) is 3.27. The summed E-state index contributed by atoms with van der Waals surface area (Å²) in [4.78, 5) is 36.9. The molecule has 3 aromatic rings. The van der Waals surface area contributed by atoms with Crippen LogP contribution in [0.15, 0.2) is 64.2 Å². The Hall–Kier alpha value is -4.09. The average Bonchev–Trinajstić information content (AvgIpc) is 2.91. The van der Waals surface area contributed by atoms with Crippen LogP contribution in [0.5, 0.6) is 17.2 Å². The van der Waals surface area contributed by atoms with Gasteiger partial charge in [-0.25, -0.2) is 5.43 Å². The molecule has 3 rings (SSSR count). The molecule has 3 aromatic carbocycles. The molecule has 3 N–H and O–H groups in total. The number of rotatable bonds is 10. The number of ether oxygens (including phenoxy) is 3. The molecular formula is C27H26BrClN4O6. The Bertz CT molecular complexity index is 1400. The van der Waals surface area contributed by atoms with Crippen LogP contribution in [0.3, 0.4) is 0 Å². The summed E-state index contributed by atoms with van der Waals surface area (Å²) in [7, 11) is 1.44. The van der Waals surface area contributed by atoms with Crippen molar-refractivity contribution < 1.29 is 28.6 Å². The number of carbonyl (C=O) groups is 3. The summed E-state index contributed by atoms with van der Waals surface area (Å²) >= 11 is 9.50. The largest absolute Gasteiger partial charge is 0.493 e. The second-order valence-corrected chi connectivity index (χ2v) is 9.13. The van der Waals surface area contributed by atoms with Crippen LogP contribution in [0.4, 0.5) is 11.4 Å². The summed E-state index contributed by atoms with van der Waals surface area (Å²) in [5.41, 5.74) is 4.39. The third-order valence-corrected chi connectivity index (χ3v) is 6.16. The molecule has 39 heavy (non-hydrogen) atoms. The fourth-order valence-corrected chi connectivity index (χ4v) is 4.02. The molecule has 10 nitrogen and oxygen atoms in total.